The maximum Gasteiger partial charge on any atom is 0.312 e. The molecule has 5 aliphatic rings. The summed E-state index contributed by atoms with van der Waals surface area (Å²) in [6.45, 7) is 0.0976. The average Bonchev–Trinajstić information content (AvgIpc) is 3.58. The Morgan fingerprint density at radius 2 is 1.42 bits per heavy atom. The number of amides is 2. The minimum absolute atomic E-state index is 0.00692. The van der Waals surface area contributed by atoms with Crippen LogP contribution < -0.4 is 4.74 Å². The van der Waals surface area contributed by atoms with E-state index < -0.39 is 5.97 Å². The van der Waals surface area contributed by atoms with E-state index in [0.717, 1.165) is 17.5 Å². The zero-order valence-corrected chi connectivity index (χ0v) is 17.0. The molecule has 2 saturated carbocycles. The first-order chi connectivity index (χ1) is 15.1. The Labute approximate surface area is 180 Å². The molecule has 2 bridgehead atoms. The molecule has 3 fully saturated rings. The quantitative estimate of drug-likeness (QED) is 0.325. The lowest BCUT2D eigenvalue weighted by atomic mass is 9.63. The van der Waals surface area contributed by atoms with Crippen molar-refractivity contribution in [3.8, 4) is 16.9 Å². The minimum Gasteiger partial charge on any atom is -0.426 e. The van der Waals surface area contributed by atoms with Crippen molar-refractivity contribution in [1.29, 1.82) is 0 Å². The van der Waals surface area contributed by atoms with Crippen molar-refractivity contribution < 1.29 is 19.1 Å². The molecule has 7 rings (SSSR count). The van der Waals surface area contributed by atoms with E-state index in [1.807, 2.05) is 42.5 Å². The second-order valence-corrected chi connectivity index (χ2v) is 9.10. The molecule has 2 aromatic rings. The third-order valence-electron chi connectivity index (χ3n) is 7.49. The normalized spacial score (nSPS) is 32.1. The maximum atomic E-state index is 13.0. The molecule has 1 heterocycles. The zero-order valence-electron chi connectivity index (χ0n) is 17.0. The SMILES string of the molecule is O=C(CCN1C(=O)[C@@H]2[C@H]3C=C[C@@H]([C@@H]4C[C@H]34)[C@@H]2C1=O)Oc1ccc(-c2ccccc2)cc1. The van der Waals surface area contributed by atoms with Crippen molar-refractivity contribution in [3.63, 3.8) is 0 Å². The molecule has 4 aliphatic carbocycles. The first-order valence-electron chi connectivity index (χ1n) is 11.0. The Morgan fingerprint density at radius 1 is 0.839 bits per heavy atom. The van der Waals surface area contributed by atoms with Gasteiger partial charge in [0.1, 0.15) is 5.75 Å². The van der Waals surface area contributed by atoms with Gasteiger partial charge in [-0.2, -0.15) is 0 Å². The summed E-state index contributed by atoms with van der Waals surface area (Å²) in [6.07, 6.45) is 5.46. The van der Waals surface area contributed by atoms with Crippen LogP contribution in [0.25, 0.3) is 11.1 Å². The molecule has 31 heavy (non-hydrogen) atoms. The van der Waals surface area contributed by atoms with Gasteiger partial charge in [-0.05, 0) is 53.4 Å². The molecular formula is C26H23NO4. The van der Waals surface area contributed by atoms with Crippen molar-refractivity contribution in [2.75, 3.05) is 6.54 Å². The van der Waals surface area contributed by atoms with Gasteiger partial charge in [0.15, 0.2) is 0 Å². The number of hydrogen-bond donors (Lipinski definition) is 0. The van der Waals surface area contributed by atoms with Crippen molar-refractivity contribution in [1.82, 2.24) is 4.90 Å². The molecule has 5 heteroatoms. The topological polar surface area (TPSA) is 63.7 Å². The van der Waals surface area contributed by atoms with E-state index in [0.29, 0.717) is 17.6 Å². The van der Waals surface area contributed by atoms with E-state index in [1.54, 1.807) is 12.1 Å². The van der Waals surface area contributed by atoms with E-state index in [2.05, 4.69) is 12.2 Å². The molecule has 0 unspecified atom stereocenters. The van der Waals surface area contributed by atoms with Crippen LogP contribution in [0.1, 0.15) is 12.8 Å². The van der Waals surface area contributed by atoms with Gasteiger partial charge >= 0.3 is 5.97 Å². The fourth-order valence-corrected chi connectivity index (χ4v) is 5.97. The average molecular weight is 413 g/mol. The number of benzene rings is 2. The summed E-state index contributed by atoms with van der Waals surface area (Å²) in [5.74, 6) is 0.966. The van der Waals surface area contributed by atoms with Crippen LogP contribution in [0.5, 0.6) is 5.75 Å². The Morgan fingerprint density at radius 3 is 2.03 bits per heavy atom. The first-order valence-corrected chi connectivity index (χ1v) is 11.0. The van der Waals surface area contributed by atoms with E-state index in [9.17, 15) is 14.4 Å². The lowest BCUT2D eigenvalue weighted by Gasteiger charge is -2.37. The van der Waals surface area contributed by atoms with Gasteiger partial charge in [-0.3, -0.25) is 19.3 Å². The van der Waals surface area contributed by atoms with Crippen molar-refractivity contribution >= 4 is 17.8 Å². The van der Waals surface area contributed by atoms with Gasteiger partial charge in [0.05, 0.1) is 18.3 Å². The molecule has 0 aromatic heterocycles. The lowest BCUT2D eigenvalue weighted by molar-refractivity contribution is -0.141. The molecule has 0 radical (unpaired) electrons. The molecule has 0 N–H and O–H groups in total. The van der Waals surface area contributed by atoms with Gasteiger partial charge in [0.2, 0.25) is 11.8 Å². The molecular weight excluding hydrogens is 390 g/mol. The van der Waals surface area contributed by atoms with Gasteiger partial charge < -0.3 is 4.74 Å². The number of nitrogens with zero attached hydrogens (tertiary/aromatic N) is 1. The van der Waals surface area contributed by atoms with Crippen LogP contribution in [-0.4, -0.2) is 29.2 Å². The van der Waals surface area contributed by atoms with Crippen LogP contribution in [0.15, 0.2) is 66.7 Å². The van der Waals surface area contributed by atoms with E-state index in [-0.39, 0.29) is 48.5 Å². The maximum absolute atomic E-state index is 13.0. The monoisotopic (exact) mass is 413 g/mol. The third kappa shape index (κ3) is 2.94. The Balaban J connectivity index is 1.08. The molecule has 2 amide bonds. The number of imide groups is 1. The summed E-state index contributed by atoms with van der Waals surface area (Å²) in [6, 6.07) is 17.3. The zero-order chi connectivity index (χ0) is 21.1. The van der Waals surface area contributed by atoms with Crippen molar-refractivity contribution in [2.45, 2.75) is 12.8 Å². The predicted octanol–water partition coefficient (Wildman–Crippen LogP) is 3.70. The van der Waals surface area contributed by atoms with Crippen LogP contribution in [-0.2, 0) is 14.4 Å². The van der Waals surface area contributed by atoms with Gasteiger partial charge in [0, 0.05) is 6.54 Å². The minimum atomic E-state index is -0.438. The molecule has 0 spiro atoms. The number of ether oxygens (including phenoxy) is 1. The third-order valence-corrected chi connectivity index (χ3v) is 7.49. The predicted molar refractivity (Wildman–Crippen MR) is 114 cm³/mol. The molecule has 156 valence electrons. The number of esters is 1. The highest BCUT2D eigenvalue weighted by molar-refractivity contribution is 6.06. The molecule has 2 aromatic carbocycles. The molecule has 1 saturated heterocycles. The molecule has 6 atom stereocenters. The van der Waals surface area contributed by atoms with E-state index in [4.69, 9.17) is 4.74 Å². The number of allylic oxidation sites excluding steroid dienone is 2. The number of hydrogen-bond acceptors (Lipinski definition) is 4. The summed E-state index contributed by atoms with van der Waals surface area (Å²) in [7, 11) is 0. The smallest absolute Gasteiger partial charge is 0.312 e. The first kappa shape index (κ1) is 18.6. The summed E-state index contributed by atoms with van der Waals surface area (Å²) in [4.78, 5) is 39.6. The number of rotatable bonds is 5. The largest absolute Gasteiger partial charge is 0.426 e. The summed E-state index contributed by atoms with van der Waals surface area (Å²) >= 11 is 0. The van der Waals surface area contributed by atoms with Gasteiger partial charge in [0.25, 0.3) is 0 Å². The summed E-state index contributed by atoms with van der Waals surface area (Å²) in [5.41, 5.74) is 2.13. The lowest BCUT2D eigenvalue weighted by Crippen LogP contribution is -2.40. The van der Waals surface area contributed by atoms with Crippen molar-refractivity contribution in [2.24, 2.45) is 35.5 Å². The number of likely N-dealkylation sites (tertiary alicyclic amines) is 1. The standard InChI is InChI=1S/C26H23NO4/c28-22(31-17-8-6-16(7-9-17)15-4-2-1-3-5-15)12-13-27-25(29)23-18-10-11-19(21-14-20(18)21)24(23)26(27)30/h1-11,18-21,23-24H,12-14H2/t18-,19-,20-,21+,23-,24+/m0/s1. The molecule has 5 nitrogen and oxygen atoms in total. The number of carbonyl (C=O) groups is 3. The Hall–Kier alpha value is -3.21. The van der Waals surface area contributed by atoms with Crippen LogP contribution >= 0.6 is 0 Å². The Bertz CT molecular complexity index is 1050. The van der Waals surface area contributed by atoms with Crippen molar-refractivity contribution in [3.05, 3.63) is 66.7 Å². The highest BCUT2D eigenvalue weighted by Gasteiger charge is 2.66. The Kier molecular flexibility index (Phi) is 4.13. The summed E-state index contributed by atoms with van der Waals surface area (Å²) in [5, 5.41) is 0. The highest BCUT2D eigenvalue weighted by atomic mass is 16.5. The number of carbonyl (C=O) groups excluding carboxylic acids is 3. The van der Waals surface area contributed by atoms with Crippen LogP contribution in [0.4, 0.5) is 0 Å². The highest BCUT2D eigenvalue weighted by Crippen LogP contribution is 2.65. The van der Waals surface area contributed by atoms with Gasteiger partial charge in [-0.15, -0.1) is 0 Å². The van der Waals surface area contributed by atoms with E-state index in [1.165, 1.54) is 4.90 Å². The molecule has 1 aliphatic heterocycles. The van der Waals surface area contributed by atoms with Gasteiger partial charge in [-0.1, -0.05) is 54.6 Å². The van der Waals surface area contributed by atoms with Crippen LogP contribution in [0.3, 0.4) is 0 Å². The fraction of sp³-hybridized carbons (Fsp3) is 0.346. The second-order valence-electron chi connectivity index (χ2n) is 9.10. The summed E-state index contributed by atoms with van der Waals surface area (Å²) < 4.78 is 5.43. The van der Waals surface area contributed by atoms with E-state index >= 15 is 0 Å². The van der Waals surface area contributed by atoms with Crippen LogP contribution in [0.2, 0.25) is 0 Å². The fourth-order valence-electron chi connectivity index (χ4n) is 5.97. The van der Waals surface area contributed by atoms with Crippen LogP contribution in [0, 0.1) is 35.5 Å². The second kappa shape index (κ2) is 6.91. The van der Waals surface area contributed by atoms with Gasteiger partial charge in [-0.25, -0.2) is 0 Å².